The van der Waals surface area contributed by atoms with Gasteiger partial charge in [-0.1, -0.05) is 121 Å². The highest BCUT2D eigenvalue weighted by Gasteiger charge is 2.46. The molecule has 5 nitrogen and oxygen atoms in total. The molecule has 6 rings (SSSR count). The van der Waals surface area contributed by atoms with E-state index in [1.54, 1.807) is 30.3 Å². The second kappa shape index (κ2) is 12.2. The maximum atomic E-state index is 13.9. The fourth-order valence-corrected chi connectivity index (χ4v) is 6.34. The quantitative estimate of drug-likeness (QED) is 0.177. The highest BCUT2D eigenvalue weighted by atomic mass is 32.2. The molecule has 0 heterocycles. The first kappa shape index (κ1) is 30.6. The Kier molecular flexibility index (Phi) is 8.10. The first-order chi connectivity index (χ1) is 22.1. The SMILES string of the molecule is COC(=O)c1ccc(NS(=O)(=O)C(F)(F)F)c2c(-c3ccccc3)c(-c3ccccc3)c(-c3ccccc3)c(-c3ccccc3)c12. The average molecular weight is 638 g/mol. The second-order valence-electron chi connectivity index (χ2n) is 10.4. The van der Waals surface area contributed by atoms with Crippen LogP contribution in [0.3, 0.4) is 0 Å². The Morgan fingerprint density at radius 2 is 0.935 bits per heavy atom. The minimum atomic E-state index is -5.86. The van der Waals surface area contributed by atoms with Crippen molar-refractivity contribution in [3.63, 3.8) is 0 Å². The zero-order valence-corrected chi connectivity index (χ0v) is 25.2. The summed E-state index contributed by atoms with van der Waals surface area (Å²) in [6, 6.07) is 39.4. The van der Waals surface area contributed by atoms with Crippen LogP contribution in [0.5, 0.6) is 0 Å². The van der Waals surface area contributed by atoms with E-state index in [1.165, 1.54) is 19.2 Å². The molecular formula is C37H26F3NO4S. The summed E-state index contributed by atoms with van der Waals surface area (Å²) in [5.74, 6) is -0.738. The Morgan fingerprint density at radius 1 is 0.565 bits per heavy atom. The first-order valence-corrected chi connectivity index (χ1v) is 15.7. The second-order valence-corrected chi connectivity index (χ2v) is 12.1. The lowest BCUT2D eigenvalue weighted by Gasteiger charge is -2.27. The Labute approximate surface area is 264 Å². The molecule has 6 aromatic carbocycles. The Morgan fingerprint density at radius 3 is 1.30 bits per heavy atom. The van der Waals surface area contributed by atoms with Crippen molar-refractivity contribution in [3.05, 3.63) is 139 Å². The topological polar surface area (TPSA) is 72.5 Å². The van der Waals surface area contributed by atoms with Crippen molar-refractivity contribution in [2.24, 2.45) is 0 Å². The lowest BCUT2D eigenvalue weighted by molar-refractivity contribution is -0.0429. The van der Waals surface area contributed by atoms with E-state index in [9.17, 15) is 26.4 Å². The van der Waals surface area contributed by atoms with Crippen LogP contribution < -0.4 is 4.72 Å². The van der Waals surface area contributed by atoms with Crippen LogP contribution in [0, 0.1) is 0 Å². The summed E-state index contributed by atoms with van der Waals surface area (Å²) < 4.78 is 73.9. The summed E-state index contributed by atoms with van der Waals surface area (Å²) in [4.78, 5) is 13.5. The van der Waals surface area contributed by atoms with Gasteiger partial charge in [0.05, 0.1) is 18.4 Å². The molecule has 230 valence electrons. The van der Waals surface area contributed by atoms with Gasteiger partial charge in [0.2, 0.25) is 0 Å². The van der Waals surface area contributed by atoms with Crippen LogP contribution in [0.2, 0.25) is 0 Å². The van der Waals surface area contributed by atoms with Crippen LogP contribution in [0.1, 0.15) is 10.4 Å². The summed E-state index contributed by atoms with van der Waals surface area (Å²) in [5, 5.41) is 0.345. The number of hydrogen-bond donors (Lipinski definition) is 1. The maximum absolute atomic E-state index is 13.9. The van der Waals surface area contributed by atoms with Crippen molar-refractivity contribution in [2.75, 3.05) is 11.8 Å². The summed E-state index contributed by atoms with van der Waals surface area (Å²) in [7, 11) is -4.65. The highest BCUT2D eigenvalue weighted by Crippen LogP contribution is 2.53. The molecule has 0 aliphatic carbocycles. The third-order valence-corrected chi connectivity index (χ3v) is 8.76. The van der Waals surface area contributed by atoms with Gasteiger partial charge in [-0.05, 0) is 51.1 Å². The monoisotopic (exact) mass is 637 g/mol. The molecule has 0 unspecified atom stereocenters. The molecule has 46 heavy (non-hydrogen) atoms. The van der Waals surface area contributed by atoms with Crippen molar-refractivity contribution < 1.29 is 31.1 Å². The van der Waals surface area contributed by atoms with Crippen molar-refractivity contribution in [1.29, 1.82) is 0 Å². The van der Waals surface area contributed by atoms with Gasteiger partial charge in [-0.2, -0.15) is 21.6 Å². The van der Waals surface area contributed by atoms with Crippen LogP contribution >= 0.6 is 0 Å². The standard InChI is InChI=1S/C37H26F3NO4S/c1-45-36(42)28-22-23-29(41-46(43,44)37(38,39)40)35-33(27-20-12-5-13-21-27)31(25-16-8-3-9-17-25)30(24-14-6-2-7-15-24)32(34(28)35)26-18-10-4-11-19-26/h2-23,41H,1H3. The number of sulfonamides is 1. The normalized spacial score (nSPS) is 11.7. The van der Waals surface area contributed by atoms with Gasteiger partial charge in [0.25, 0.3) is 0 Å². The lowest BCUT2D eigenvalue weighted by Crippen LogP contribution is -2.30. The molecule has 0 saturated carbocycles. The molecule has 9 heteroatoms. The zero-order chi connectivity index (χ0) is 32.5. The van der Waals surface area contributed by atoms with E-state index in [1.807, 2.05) is 95.7 Å². The number of fused-ring (bicyclic) bond motifs is 1. The molecule has 0 spiro atoms. The van der Waals surface area contributed by atoms with Crippen molar-refractivity contribution in [1.82, 2.24) is 0 Å². The number of halogens is 3. The number of hydrogen-bond acceptors (Lipinski definition) is 4. The highest BCUT2D eigenvalue weighted by molar-refractivity contribution is 7.93. The number of esters is 1. The third-order valence-electron chi connectivity index (χ3n) is 7.66. The summed E-state index contributed by atoms with van der Waals surface area (Å²) in [5.41, 5.74) is -0.829. The fourth-order valence-electron chi connectivity index (χ4n) is 5.76. The number of ether oxygens (including phenoxy) is 1. The zero-order valence-electron chi connectivity index (χ0n) is 24.4. The molecule has 0 saturated heterocycles. The molecule has 1 N–H and O–H groups in total. The Bertz CT molecular complexity index is 2150. The smallest absolute Gasteiger partial charge is 0.465 e. The summed E-state index contributed by atoms with van der Waals surface area (Å²) >= 11 is 0. The van der Waals surface area contributed by atoms with E-state index < -0.39 is 21.5 Å². The van der Waals surface area contributed by atoms with Gasteiger partial charge in [-0.3, -0.25) is 4.72 Å². The fraction of sp³-hybridized carbons (Fsp3) is 0.0541. The van der Waals surface area contributed by atoms with E-state index in [0.29, 0.717) is 33.4 Å². The summed E-state index contributed by atoms with van der Waals surface area (Å²) in [6.07, 6.45) is 0. The van der Waals surface area contributed by atoms with Gasteiger partial charge in [-0.25, -0.2) is 4.79 Å². The van der Waals surface area contributed by atoms with Gasteiger partial charge in [0, 0.05) is 16.3 Å². The molecule has 0 aliphatic rings. The largest absolute Gasteiger partial charge is 0.516 e. The minimum Gasteiger partial charge on any atom is -0.465 e. The number of alkyl halides is 3. The van der Waals surface area contributed by atoms with Gasteiger partial charge >= 0.3 is 21.5 Å². The molecule has 0 aliphatic heterocycles. The maximum Gasteiger partial charge on any atom is 0.516 e. The van der Waals surface area contributed by atoms with Crippen molar-refractivity contribution in [2.45, 2.75) is 5.51 Å². The molecule has 6 aromatic rings. The molecule has 0 bridgehead atoms. The third kappa shape index (κ3) is 5.50. The molecule has 0 aromatic heterocycles. The summed E-state index contributed by atoms with van der Waals surface area (Å²) in [6.45, 7) is 0. The van der Waals surface area contributed by atoms with E-state index in [4.69, 9.17) is 4.74 Å². The lowest BCUT2D eigenvalue weighted by atomic mass is 9.77. The van der Waals surface area contributed by atoms with Gasteiger partial charge in [0.15, 0.2) is 0 Å². The number of benzene rings is 6. The average Bonchev–Trinajstić information content (AvgIpc) is 3.08. The predicted octanol–water partition coefficient (Wildman–Crippen LogP) is 9.56. The number of carbonyl (C=O) groups excluding carboxylic acids is 1. The van der Waals surface area contributed by atoms with E-state index >= 15 is 0 Å². The van der Waals surface area contributed by atoms with Crippen LogP contribution in [0.4, 0.5) is 18.9 Å². The predicted molar refractivity (Wildman–Crippen MR) is 176 cm³/mol. The number of rotatable bonds is 7. The number of anilines is 1. The molecule has 0 atom stereocenters. The van der Waals surface area contributed by atoms with Crippen LogP contribution in [0.25, 0.3) is 55.3 Å². The van der Waals surface area contributed by atoms with Gasteiger partial charge in [-0.15, -0.1) is 0 Å². The number of methoxy groups -OCH3 is 1. The first-order valence-electron chi connectivity index (χ1n) is 14.2. The number of nitrogens with one attached hydrogen (secondary N) is 1. The van der Waals surface area contributed by atoms with Gasteiger partial charge in [0.1, 0.15) is 0 Å². The molecule has 0 fully saturated rings. The van der Waals surface area contributed by atoms with E-state index in [2.05, 4.69) is 0 Å². The minimum absolute atomic E-state index is 0.0558. The van der Waals surface area contributed by atoms with Crippen molar-refractivity contribution in [3.8, 4) is 44.5 Å². The van der Waals surface area contributed by atoms with Crippen LogP contribution in [-0.4, -0.2) is 27.0 Å². The van der Waals surface area contributed by atoms with Gasteiger partial charge < -0.3 is 4.74 Å². The van der Waals surface area contributed by atoms with E-state index in [0.717, 1.165) is 11.1 Å². The number of carbonyl (C=O) groups is 1. The Hall–Kier alpha value is -5.41. The van der Waals surface area contributed by atoms with Crippen LogP contribution in [-0.2, 0) is 14.8 Å². The molecular weight excluding hydrogens is 611 g/mol. The molecule has 0 amide bonds. The Balaban J connectivity index is 1.98. The van der Waals surface area contributed by atoms with Crippen molar-refractivity contribution >= 4 is 32.5 Å². The molecule has 0 radical (unpaired) electrons. The van der Waals surface area contributed by atoms with Crippen LogP contribution in [0.15, 0.2) is 133 Å². The van der Waals surface area contributed by atoms with E-state index in [-0.39, 0.29) is 22.0 Å².